The molecule has 0 atom stereocenters. The van der Waals surface area contributed by atoms with Crippen molar-refractivity contribution in [3.8, 4) is 5.75 Å². The van der Waals surface area contributed by atoms with Crippen molar-refractivity contribution in [1.82, 2.24) is 0 Å². The van der Waals surface area contributed by atoms with Crippen LogP contribution in [0.3, 0.4) is 0 Å². The van der Waals surface area contributed by atoms with Gasteiger partial charge in [-0.3, -0.25) is 0 Å². The van der Waals surface area contributed by atoms with Crippen molar-refractivity contribution < 1.29 is 12.6 Å². The minimum Gasteiger partial charge on any atom is -0.369 e. The van der Waals surface area contributed by atoms with Gasteiger partial charge in [-0.05, 0) is 12.1 Å². The highest BCUT2D eigenvalue weighted by Crippen LogP contribution is 2.32. The van der Waals surface area contributed by atoms with Gasteiger partial charge in [-0.25, -0.2) is 0 Å². The minimum atomic E-state index is -3.93. The summed E-state index contributed by atoms with van der Waals surface area (Å²) in [5.41, 5.74) is 0. The van der Waals surface area contributed by atoms with E-state index in [1.807, 2.05) is 18.2 Å². The van der Waals surface area contributed by atoms with E-state index >= 15 is 0 Å². The molecule has 0 aliphatic carbocycles. The predicted molar refractivity (Wildman–Crippen MR) is 55.6 cm³/mol. The first-order valence-electron chi connectivity index (χ1n) is 3.75. The fraction of sp³-hybridized carbons (Fsp3) is 0. The molecule has 0 spiro atoms. The maximum Gasteiger partial charge on any atom is 0.380 e. The highest BCUT2D eigenvalue weighted by molar-refractivity contribution is 7.84. The summed E-state index contributed by atoms with van der Waals surface area (Å²) in [5, 5.41) is 7.15. The van der Waals surface area contributed by atoms with Crippen LogP contribution >= 0.6 is 11.3 Å². The van der Waals surface area contributed by atoms with Crippen molar-refractivity contribution in [3.05, 3.63) is 29.6 Å². The van der Waals surface area contributed by atoms with Crippen LogP contribution in [0.5, 0.6) is 5.75 Å². The Balaban J connectivity index is 2.54. The lowest BCUT2D eigenvalue weighted by atomic mass is 10.2. The maximum atomic E-state index is 10.7. The van der Waals surface area contributed by atoms with E-state index in [2.05, 4.69) is 4.18 Å². The van der Waals surface area contributed by atoms with E-state index in [1.54, 1.807) is 11.4 Å². The number of benzene rings is 1. The average molecular weight is 229 g/mol. The fourth-order valence-corrected chi connectivity index (χ4v) is 2.45. The number of thiophene rings is 1. The number of nitrogens with two attached hydrogens (primary N) is 1. The normalized spacial score (nSPS) is 11.8. The number of fused-ring (bicyclic) bond motifs is 1. The van der Waals surface area contributed by atoms with Gasteiger partial charge < -0.3 is 4.18 Å². The molecule has 0 saturated carbocycles. The first-order valence-corrected chi connectivity index (χ1v) is 6.10. The molecule has 0 fully saturated rings. The largest absolute Gasteiger partial charge is 0.380 e. The van der Waals surface area contributed by atoms with Crippen LogP contribution in [0.1, 0.15) is 0 Å². The van der Waals surface area contributed by atoms with E-state index in [0.717, 1.165) is 10.1 Å². The zero-order chi connectivity index (χ0) is 10.2. The molecule has 0 saturated heterocycles. The smallest absolute Gasteiger partial charge is 0.369 e. The number of rotatable bonds is 2. The van der Waals surface area contributed by atoms with Crippen molar-refractivity contribution in [2.24, 2.45) is 5.14 Å². The van der Waals surface area contributed by atoms with Crippen LogP contribution in [0.2, 0.25) is 0 Å². The first-order chi connectivity index (χ1) is 6.56. The second-order valence-corrected chi connectivity index (χ2v) is 4.74. The Morgan fingerprint density at radius 1 is 1.29 bits per heavy atom. The molecule has 1 heterocycles. The van der Waals surface area contributed by atoms with Crippen LogP contribution in [-0.2, 0) is 10.3 Å². The minimum absolute atomic E-state index is 0.285. The zero-order valence-corrected chi connectivity index (χ0v) is 8.64. The first kappa shape index (κ1) is 9.45. The molecule has 1 aromatic carbocycles. The third-order valence-corrected chi connectivity index (χ3v) is 3.01. The van der Waals surface area contributed by atoms with Crippen LogP contribution in [0, 0.1) is 0 Å². The van der Waals surface area contributed by atoms with Gasteiger partial charge in [-0.15, -0.1) is 11.3 Å². The fourth-order valence-electron chi connectivity index (χ4n) is 1.14. The zero-order valence-electron chi connectivity index (χ0n) is 7.01. The van der Waals surface area contributed by atoms with E-state index in [-0.39, 0.29) is 5.75 Å². The van der Waals surface area contributed by atoms with E-state index < -0.39 is 10.3 Å². The van der Waals surface area contributed by atoms with Crippen LogP contribution in [0.25, 0.3) is 10.1 Å². The van der Waals surface area contributed by atoms with Gasteiger partial charge in [0, 0.05) is 15.5 Å². The molecule has 0 amide bonds. The molecule has 2 rings (SSSR count). The Labute approximate surface area is 85.2 Å². The molecule has 0 aliphatic heterocycles. The SMILES string of the molecule is NS(=O)(=O)Oc1csc2ccccc12. The summed E-state index contributed by atoms with van der Waals surface area (Å²) in [4.78, 5) is 0. The number of hydrogen-bond acceptors (Lipinski definition) is 4. The summed E-state index contributed by atoms with van der Waals surface area (Å²) >= 11 is 1.41. The van der Waals surface area contributed by atoms with E-state index in [0.29, 0.717) is 0 Å². The molecule has 0 aliphatic rings. The van der Waals surface area contributed by atoms with Gasteiger partial charge in [0.05, 0.1) is 0 Å². The Morgan fingerprint density at radius 2 is 2.00 bits per heavy atom. The van der Waals surface area contributed by atoms with Gasteiger partial charge in [0.2, 0.25) is 0 Å². The van der Waals surface area contributed by atoms with Crippen LogP contribution in [0.15, 0.2) is 29.6 Å². The lowest BCUT2D eigenvalue weighted by Crippen LogP contribution is -2.18. The molecule has 4 nitrogen and oxygen atoms in total. The van der Waals surface area contributed by atoms with Gasteiger partial charge >= 0.3 is 10.3 Å². The predicted octanol–water partition coefficient (Wildman–Crippen LogP) is 1.48. The van der Waals surface area contributed by atoms with Crippen LogP contribution in [0.4, 0.5) is 0 Å². The van der Waals surface area contributed by atoms with Gasteiger partial charge in [-0.1, -0.05) is 12.1 Å². The molecule has 1 aromatic heterocycles. The third kappa shape index (κ3) is 1.87. The Morgan fingerprint density at radius 3 is 2.71 bits per heavy atom. The standard InChI is InChI=1S/C8H7NO3S2/c9-14(10,11)12-7-5-13-8-4-2-1-3-6(7)8/h1-5H,(H2,9,10,11). The Hall–Kier alpha value is -1.11. The summed E-state index contributed by atoms with van der Waals surface area (Å²) in [6.07, 6.45) is 0. The second kappa shape index (κ2) is 3.23. The molecular weight excluding hydrogens is 222 g/mol. The average Bonchev–Trinajstić information content (AvgIpc) is 2.47. The maximum absolute atomic E-state index is 10.7. The highest BCUT2D eigenvalue weighted by atomic mass is 32.2. The second-order valence-electron chi connectivity index (χ2n) is 2.67. The Kier molecular flexibility index (Phi) is 2.18. The summed E-state index contributed by atoms with van der Waals surface area (Å²) in [7, 11) is -3.93. The monoisotopic (exact) mass is 229 g/mol. The third-order valence-electron chi connectivity index (χ3n) is 1.65. The van der Waals surface area contributed by atoms with Crippen molar-refractivity contribution in [1.29, 1.82) is 0 Å². The van der Waals surface area contributed by atoms with Crippen LogP contribution in [-0.4, -0.2) is 8.42 Å². The summed E-state index contributed by atoms with van der Waals surface area (Å²) in [6, 6.07) is 7.35. The van der Waals surface area contributed by atoms with Crippen molar-refractivity contribution in [2.75, 3.05) is 0 Å². The van der Waals surface area contributed by atoms with Gasteiger partial charge in [-0.2, -0.15) is 13.6 Å². The van der Waals surface area contributed by atoms with Crippen molar-refractivity contribution in [3.63, 3.8) is 0 Å². The molecule has 2 aromatic rings. The molecule has 74 valence electrons. The van der Waals surface area contributed by atoms with E-state index in [4.69, 9.17) is 5.14 Å². The molecule has 6 heteroatoms. The summed E-state index contributed by atoms with van der Waals surface area (Å²) in [5.74, 6) is 0.285. The highest BCUT2D eigenvalue weighted by Gasteiger charge is 2.09. The quantitative estimate of drug-likeness (QED) is 0.848. The van der Waals surface area contributed by atoms with Crippen molar-refractivity contribution >= 4 is 31.7 Å². The lowest BCUT2D eigenvalue weighted by molar-refractivity contribution is 0.491. The Bertz CT molecular complexity index is 559. The molecule has 0 unspecified atom stereocenters. The number of hydrogen-bond donors (Lipinski definition) is 1. The van der Waals surface area contributed by atoms with E-state index in [1.165, 1.54) is 11.3 Å². The molecule has 0 bridgehead atoms. The summed E-state index contributed by atoms with van der Waals surface area (Å²) < 4.78 is 27.0. The summed E-state index contributed by atoms with van der Waals surface area (Å²) in [6.45, 7) is 0. The lowest BCUT2D eigenvalue weighted by Gasteiger charge is -1.99. The van der Waals surface area contributed by atoms with Crippen LogP contribution < -0.4 is 9.32 Å². The van der Waals surface area contributed by atoms with Crippen molar-refractivity contribution in [2.45, 2.75) is 0 Å². The van der Waals surface area contributed by atoms with Gasteiger partial charge in [0.1, 0.15) is 0 Å². The molecular formula is C8H7NO3S2. The topological polar surface area (TPSA) is 69.4 Å². The molecule has 0 radical (unpaired) electrons. The van der Waals surface area contributed by atoms with Gasteiger partial charge in [0.25, 0.3) is 0 Å². The molecule has 14 heavy (non-hydrogen) atoms. The molecule has 2 N–H and O–H groups in total. The van der Waals surface area contributed by atoms with Gasteiger partial charge in [0.15, 0.2) is 5.75 Å². The van der Waals surface area contributed by atoms with E-state index in [9.17, 15) is 8.42 Å².